The summed E-state index contributed by atoms with van der Waals surface area (Å²) in [4.78, 5) is 4.08. The molecule has 0 aromatic rings. The van der Waals surface area contributed by atoms with Gasteiger partial charge in [-0.1, -0.05) is 13.8 Å². The van der Waals surface area contributed by atoms with E-state index in [1.807, 2.05) is 13.8 Å². The molecule has 1 heterocycles. The Morgan fingerprint density at radius 1 is 1.57 bits per heavy atom. The third-order valence-electron chi connectivity index (χ3n) is 1.89. The van der Waals surface area contributed by atoms with E-state index in [1.54, 1.807) is 0 Å². The quantitative estimate of drug-likeness (QED) is 0.487. The summed E-state index contributed by atoms with van der Waals surface area (Å²) >= 11 is 0. The number of guanidine groups is 1. The van der Waals surface area contributed by atoms with Gasteiger partial charge in [0.25, 0.3) is 0 Å². The Kier molecular flexibility index (Phi) is 3.36. The number of nitrogens with zero attached hydrogens (tertiary/aromatic N) is 1. The van der Waals surface area contributed by atoms with Gasteiger partial charge in [-0.15, -0.1) is 0 Å². The fourth-order valence-electron chi connectivity index (χ4n) is 1.18. The molecule has 1 fully saturated rings. The first-order valence-electron chi connectivity index (χ1n) is 4.66. The predicted molar refractivity (Wildman–Crippen MR) is 56.9 cm³/mol. The summed E-state index contributed by atoms with van der Waals surface area (Å²) in [5.41, 5.74) is 5.57. The lowest BCUT2D eigenvalue weighted by molar-refractivity contribution is 0.549. The maximum Gasteiger partial charge on any atom is 0.188 e. The minimum Gasteiger partial charge on any atom is -0.370 e. The molecule has 1 aliphatic heterocycles. The van der Waals surface area contributed by atoms with Crippen molar-refractivity contribution in [2.75, 3.05) is 18.1 Å². The maximum atomic E-state index is 10.8. The van der Waals surface area contributed by atoms with E-state index in [-0.39, 0.29) is 17.5 Å². The van der Waals surface area contributed by atoms with Gasteiger partial charge in [0, 0.05) is 6.54 Å². The molecule has 82 valence electrons. The van der Waals surface area contributed by atoms with Crippen LogP contribution in [-0.4, -0.2) is 38.5 Å². The van der Waals surface area contributed by atoms with Crippen LogP contribution in [0.2, 0.25) is 0 Å². The second kappa shape index (κ2) is 4.16. The second-order valence-electron chi connectivity index (χ2n) is 4.04. The van der Waals surface area contributed by atoms with Crippen molar-refractivity contribution in [3.63, 3.8) is 0 Å². The Balaban J connectivity index is 2.29. The average Bonchev–Trinajstić information content (AvgIpc) is 1.97. The lowest BCUT2D eigenvalue weighted by Gasteiger charge is -2.26. The van der Waals surface area contributed by atoms with Crippen LogP contribution in [0.3, 0.4) is 0 Å². The summed E-state index contributed by atoms with van der Waals surface area (Å²) in [5.74, 6) is 1.15. The van der Waals surface area contributed by atoms with Crippen molar-refractivity contribution < 1.29 is 8.42 Å². The van der Waals surface area contributed by atoms with Crippen molar-refractivity contribution in [2.45, 2.75) is 19.9 Å². The Morgan fingerprint density at radius 2 is 2.14 bits per heavy atom. The highest BCUT2D eigenvalue weighted by Gasteiger charge is 2.33. The van der Waals surface area contributed by atoms with Gasteiger partial charge in [0.05, 0.1) is 17.5 Å². The van der Waals surface area contributed by atoms with Gasteiger partial charge in [-0.05, 0) is 5.92 Å². The molecule has 0 aliphatic carbocycles. The summed E-state index contributed by atoms with van der Waals surface area (Å²) in [6.45, 7) is 4.76. The molecule has 0 spiro atoms. The smallest absolute Gasteiger partial charge is 0.188 e. The Hall–Kier alpha value is -0.780. The highest BCUT2D eigenvalue weighted by molar-refractivity contribution is 7.92. The van der Waals surface area contributed by atoms with Gasteiger partial charge in [0.2, 0.25) is 0 Å². The number of aliphatic imine (C=N–C) groups is 1. The molecule has 3 N–H and O–H groups in total. The maximum absolute atomic E-state index is 10.8. The molecule has 0 unspecified atom stereocenters. The molecule has 0 bridgehead atoms. The number of sulfone groups is 1. The normalized spacial score (nSPS) is 22.1. The second-order valence-corrected chi connectivity index (χ2v) is 6.19. The van der Waals surface area contributed by atoms with Gasteiger partial charge < -0.3 is 11.1 Å². The van der Waals surface area contributed by atoms with Crippen molar-refractivity contribution in [1.82, 2.24) is 5.32 Å². The summed E-state index contributed by atoms with van der Waals surface area (Å²) in [5, 5.41) is 2.88. The molecule has 0 aromatic carbocycles. The molecule has 1 aliphatic rings. The lowest BCUT2D eigenvalue weighted by atomic mass is 10.2. The summed E-state index contributed by atoms with van der Waals surface area (Å²) in [7, 11) is -2.78. The van der Waals surface area contributed by atoms with E-state index in [0.29, 0.717) is 18.4 Å². The summed E-state index contributed by atoms with van der Waals surface area (Å²) in [6.07, 6.45) is 0. The molecule has 1 saturated heterocycles. The van der Waals surface area contributed by atoms with Crippen molar-refractivity contribution in [3.8, 4) is 0 Å². The van der Waals surface area contributed by atoms with E-state index in [2.05, 4.69) is 10.3 Å². The number of nitrogens with two attached hydrogens (primary N) is 1. The molecule has 6 heteroatoms. The van der Waals surface area contributed by atoms with Crippen LogP contribution in [0.1, 0.15) is 13.8 Å². The molecule has 0 amide bonds. The fraction of sp³-hybridized carbons (Fsp3) is 0.875. The first-order chi connectivity index (χ1) is 6.39. The van der Waals surface area contributed by atoms with Crippen LogP contribution >= 0.6 is 0 Å². The number of hydrogen-bond acceptors (Lipinski definition) is 3. The van der Waals surface area contributed by atoms with Crippen LogP contribution in [0.25, 0.3) is 0 Å². The van der Waals surface area contributed by atoms with Crippen molar-refractivity contribution >= 4 is 15.8 Å². The zero-order valence-corrected chi connectivity index (χ0v) is 9.34. The summed E-state index contributed by atoms with van der Waals surface area (Å²) in [6, 6.07) is -0.0455. The SMILES string of the molecule is CC(C)CN=C(N)NC1CS(=O)(=O)C1. The predicted octanol–water partition coefficient (Wildman–Crippen LogP) is -0.656. The van der Waals surface area contributed by atoms with Crippen molar-refractivity contribution in [1.29, 1.82) is 0 Å². The highest BCUT2D eigenvalue weighted by atomic mass is 32.2. The van der Waals surface area contributed by atoms with Gasteiger partial charge in [-0.25, -0.2) is 8.42 Å². The van der Waals surface area contributed by atoms with Gasteiger partial charge in [-0.3, -0.25) is 4.99 Å². The van der Waals surface area contributed by atoms with Crippen LogP contribution in [0.5, 0.6) is 0 Å². The zero-order chi connectivity index (χ0) is 10.8. The van der Waals surface area contributed by atoms with Crippen molar-refractivity contribution in [2.24, 2.45) is 16.6 Å². The standard InChI is InChI=1S/C8H17N3O2S/c1-6(2)3-10-8(9)11-7-4-14(12,13)5-7/h6-7H,3-5H2,1-2H3,(H3,9,10,11). The zero-order valence-electron chi connectivity index (χ0n) is 8.53. The molecule has 5 nitrogen and oxygen atoms in total. The van der Waals surface area contributed by atoms with Gasteiger partial charge in [0.1, 0.15) is 0 Å². The first-order valence-corrected chi connectivity index (χ1v) is 6.48. The van der Waals surface area contributed by atoms with Gasteiger partial charge in [0.15, 0.2) is 15.8 Å². The number of nitrogens with one attached hydrogen (secondary N) is 1. The molecule has 14 heavy (non-hydrogen) atoms. The summed E-state index contributed by atoms with van der Waals surface area (Å²) < 4.78 is 21.6. The van der Waals surface area contributed by atoms with E-state index < -0.39 is 9.84 Å². The third kappa shape index (κ3) is 3.53. The topological polar surface area (TPSA) is 84.5 Å². The molecule has 0 saturated carbocycles. The average molecular weight is 219 g/mol. The monoisotopic (exact) mass is 219 g/mol. The number of hydrogen-bond donors (Lipinski definition) is 2. The first kappa shape index (κ1) is 11.3. The van der Waals surface area contributed by atoms with E-state index in [0.717, 1.165) is 0 Å². The minimum absolute atomic E-state index is 0.0455. The molecule has 0 aromatic heterocycles. The number of rotatable bonds is 3. The van der Waals surface area contributed by atoms with Crippen molar-refractivity contribution in [3.05, 3.63) is 0 Å². The Labute approximate surface area is 84.7 Å². The van der Waals surface area contributed by atoms with Crippen LogP contribution in [0.4, 0.5) is 0 Å². The highest BCUT2D eigenvalue weighted by Crippen LogP contribution is 2.09. The van der Waals surface area contributed by atoms with E-state index in [1.165, 1.54) is 0 Å². The van der Waals surface area contributed by atoms with Gasteiger partial charge >= 0.3 is 0 Å². The van der Waals surface area contributed by atoms with Crippen LogP contribution in [0.15, 0.2) is 4.99 Å². The van der Waals surface area contributed by atoms with Crippen LogP contribution < -0.4 is 11.1 Å². The Bertz CT molecular complexity index is 309. The van der Waals surface area contributed by atoms with Crippen LogP contribution in [0, 0.1) is 5.92 Å². The molecule has 0 atom stereocenters. The molecule has 1 rings (SSSR count). The third-order valence-corrected chi connectivity index (χ3v) is 3.71. The van der Waals surface area contributed by atoms with E-state index in [9.17, 15) is 8.42 Å². The molecule has 0 radical (unpaired) electrons. The van der Waals surface area contributed by atoms with E-state index >= 15 is 0 Å². The lowest BCUT2D eigenvalue weighted by Crippen LogP contribution is -2.54. The minimum atomic E-state index is -2.78. The van der Waals surface area contributed by atoms with Crippen LogP contribution in [-0.2, 0) is 9.84 Å². The Morgan fingerprint density at radius 3 is 2.57 bits per heavy atom. The largest absolute Gasteiger partial charge is 0.370 e. The molecular weight excluding hydrogens is 202 g/mol. The van der Waals surface area contributed by atoms with E-state index in [4.69, 9.17) is 5.73 Å². The van der Waals surface area contributed by atoms with Gasteiger partial charge in [-0.2, -0.15) is 0 Å². The fourth-order valence-corrected chi connectivity index (χ4v) is 2.48. The molecular formula is C8H17N3O2S.